The molecule has 0 atom stereocenters. The van der Waals surface area contributed by atoms with Crippen LogP contribution in [0.2, 0.25) is 5.02 Å². The first-order chi connectivity index (χ1) is 10.8. The molecule has 0 aromatic heterocycles. The highest BCUT2D eigenvalue weighted by atomic mass is 35.5. The maximum atomic E-state index is 12.7. The van der Waals surface area contributed by atoms with E-state index in [9.17, 15) is 18.0 Å². The molecular weight excluding hydrogens is 329 g/mol. The Hall–Kier alpha value is -1.43. The van der Waals surface area contributed by atoms with E-state index in [4.69, 9.17) is 11.6 Å². The normalized spacial score (nSPS) is 16.5. The summed E-state index contributed by atoms with van der Waals surface area (Å²) in [6.45, 7) is 3.93. The number of hydrogen-bond donors (Lipinski definition) is 1. The molecule has 1 aliphatic heterocycles. The number of piperidine rings is 1. The maximum absolute atomic E-state index is 12.7. The number of hydrogen-bond acceptors (Lipinski definition) is 2. The van der Waals surface area contributed by atoms with Gasteiger partial charge in [0.2, 0.25) is 5.91 Å². The zero-order valence-corrected chi connectivity index (χ0v) is 13.7. The topological polar surface area (TPSA) is 32.3 Å². The molecule has 2 rings (SSSR count). The molecule has 23 heavy (non-hydrogen) atoms. The molecule has 0 aliphatic carbocycles. The second kappa shape index (κ2) is 7.43. The highest BCUT2D eigenvalue weighted by molar-refractivity contribution is 6.33. The van der Waals surface area contributed by atoms with Crippen molar-refractivity contribution in [3.63, 3.8) is 0 Å². The van der Waals surface area contributed by atoms with Gasteiger partial charge in [-0.25, -0.2) is 0 Å². The lowest BCUT2D eigenvalue weighted by atomic mass is 9.99. The van der Waals surface area contributed by atoms with Crippen molar-refractivity contribution in [2.24, 2.45) is 5.92 Å². The van der Waals surface area contributed by atoms with Gasteiger partial charge in [-0.15, -0.1) is 0 Å². The van der Waals surface area contributed by atoms with E-state index in [1.165, 1.54) is 6.07 Å². The third-order valence-electron chi connectivity index (χ3n) is 4.08. The van der Waals surface area contributed by atoms with Crippen LogP contribution >= 0.6 is 11.6 Å². The molecule has 1 saturated heterocycles. The van der Waals surface area contributed by atoms with Gasteiger partial charge < -0.3 is 10.2 Å². The number of nitrogens with one attached hydrogen (secondary N) is 1. The molecular formula is C16H20ClF3N2O. The fourth-order valence-electron chi connectivity index (χ4n) is 2.56. The first kappa shape index (κ1) is 17.9. The van der Waals surface area contributed by atoms with Crippen LogP contribution < -0.4 is 5.32 Å². The van der Waals surface area contributed by atoms with Crippen LogP contribution in [0, 0.1) is 5.92 Å². The summed E-state index contributed by atoms with van der Waals surface area (Å²) in [7, 11) is 0. The van der Waals surface area contributed by atoms with Crippen molar-refractivity contribution in [2.45, 2.75) is 32.4 Å². The SMILES string of the molecule is CC1CCN(C(=O)CCNc2cc(C(F)(F)F)ccc2Cl)CC1. The summed E-state index contributed by atoms with van der Waals surface area (Å²) >= 11 is 5.90. The van der Waals surface area contributed by atoms with Gasteiger partial charge in [0.15, 0.2) is 0 Å². The van der Waals surface area contributed by atoms with Crippen LogP contribution in [0.1, 0.15) is 31.7 Å². The molecule has 0 radical (unpaired) electrons. The van der Waals surface area contributed by atoms with Crippen molar-refractivity contribution >= 4 is 23.2 Å². The van der Waals surface area contributed by atoms with E-state index >= 15 is 0 Å². The lowest BCUT2D eigenvalue weighted by Crippen LogP contribution is -2.38. The van der Waals surface area contributed by atoms with Crippen molar-refractivity contribution < 1.29 is 18.0 Å². The first-order valence-electron chi connectivity index (χ1n) is 7.66. The number of anilines is 1. The van der Waals surface area contributed by atoms with Crippen LogP contribution in [0.4, 0.5) is 18.9 Å². The number of rotatable bonds is 4. The number of carbonyl (C=O) groups excluding carboxylic acids is 1. The average Bonchev–Trinajstić information content (AvgIpc) is 2.48. The molecule has 0 bridgehead atoms. The van der Waals surface area contributed by atoms with Crippen LogP contribution in [0.3, 0.4) is 0 Å². The minimum absolute atomic E-state index is 0.0208. The third kappa shape index (κ3) is 5.03. The van der Waals surface area contributed by atoms with Crippen LogP contribution in [0.15, 0.2) is 18.2 Å². The van der Waals surface area contributed by atoms with E-state index in [-0.39, 0.29) is 29.6 Å². The second-order valence-corrected chi connectivity index (χ2v) is 6.34. The van der Waals surface area contributed by atoms with Crippen LogP contribution in [0.25, 0.3) is 0 Å². The Kier molecular flexibility index (Phi) is 5.79. The van der Waals surface area contributed by atoms with Gasteiger partial charge in [-0.2, -0.15) is 13.2 Å². The van der Waals surface area contributed by atoms with Gasteiger partial charge in [0.1, 0.15) is 0 Å². The Bertz CT molecular complexity index is 555. The van der Waals surface area contributed by atoms with Gasteiger partial charge in [0.05, 0.1) is 16.3 Å². The third-order valence-corrected chi connectivity index (χ3v) is 4.41. The van der Waals surface area contributed by atoms with Crippen LogP contribution in [-0.4, -0.2) is 30.4 Å². The van der Waals surface area contributed by atoms with Crippen molar-refractivity contribution in [2.75, 3.05) is 25.0 Å². The van der Waals surface area contributed by atoms with Gasteiger partial charge >= 0.3 is 6.18 Å². The highest BCUT2D eigenvalue weighted by Crippen LogP contribution is 2.33. The fourth-order valence-corrected chi connectivity index (χ4v) is 2.74. The van der Waals surface area contributed by atoms with Crippen LogP contribution in [0.5, 0.6) is 0 Å². The molecule has 1 heterocycles. The highest BCUT2D eigenvalue weighted by Gasteiger charge is 2.31. The second-order valence-electron chi connectivity index (χ2n) is 5.93. The Morgan fingerprint density at radius 3 is 2.61 bits per heavy atom. The summed E-state index contributed by atoms with van der Waals surface area (Å²) in [6.07, 6.45) is -2.18. The summed E-state index contributed by atoms with van der Waals surface area (Å²) < 4.78 is 38.1. The molecule has 1 aliphatic rings. The van der Waals surface area contributed by atoms with Crippen LogP contribution in [-0.2, 0) is 11.0 Å². The molecule has 1 amide bonds. The lowest BCUT2D eigenvalue weighted by molar-refractivity contribution is -0.137. The Morgan fingerprint density at radius 2 is 2.00 bits per heavy atom. The lowest BCUT2D eigenvalue weighted by Gasteiger charge is -2.30. The van der Waals surface area contributed by atoms with Gasteiger partial charge in [-0.05, 0) is 37.0 Å². The van der Waals surface area contributed by atoms with Crippen molar-refractivity contribution in [1.82, 2.24) is 4.90 Å². The monoisotopic (exact) mass is 348 g/mol. The molecule has 1 fully saturated rings. The molecule has 1 aromatic carbocycles. The zero-order chi connectivity index (χ0) is 17.0. The number of likely N-dealkylation sites (tertiary alicyclic amines) is 1. The number of halogens is 4. The predicted molar refractivity (Wildman–Crippen MR) is 84.5 cm³/mol. The standard InChI is InChI=1S/C16H20ClF3N2O/c1-11-5-8-22(9-6-11)15(23)4-7-21-14-10-12(16(18,19)20)2-3-13(14)17/h2-3,10-11,21H,4-9H2,1H3. The van der Waals surface area contributed by atoms with Gasteiger partial charge in [0, 0.05) is 26.1 Å². The number of alkyl halides is 3. The smallest absolute Gasteiger partial charge is 0.383 e. The summed E-state index contributed by atoms with van der Waals surface area (Å²) in [4.78, 5) is 13.9. The van der Waals surface area contributed by atoms with Gasteiger partial charge in [-0.3, -0.25) is 4.79 Å². The zero-order valence-electron chi connectivity index (χ0n) is 12.9. The number of amides is 1. The summed E-state index contributed by atoms with van der Waals surface area (Å²) in [6, 6.07) is 3.11. The Morgan fingerprint density at radius 1 is 1.35 bits per heavy atom. The fraction of sp³-hybridized carbons (Fsp3) is 0.562. The van der Waals surface area contributed by atoms with Crippen molar-refractivity contribution in [1.29, 1.82) is 0 Å². The molecule has 128 valence electrons. The average molecular weight is 349 g/mol. The van der Waals surface area contributed by atoms with E-state index in [0.29, 0.717) is 5.92 Å². The largest absolute Gasteiger partial charge is 0.416 e. The molecule has 0 saturated carbocycles. The van der Waals surface area contributed by atoms with Gasteiger partial charge in [-0.1, -0.05) is 18.5 Å². The summed E-state index contributed by atoms with van der Waals surface area (Å²) in [5.74, 6) is 0.661. The Balaban J connectivity index is 1.87. The van der Waals surface area contributed by atoms with Crippen molar-refractivity contribution in [3.05, 3.63) is 28.8 Å². The quantitative estimate of drug-likeness (QED) is 0.873. The van der Waals surface area contributed by atoms with Crippen molar-refractivity contribution in [3.8, 4) is 0 Å². The molecule has 7 heteroatoms. The number of benzene rings is 1. The number of nitrogens with zero attached hydrogens (tertiary/aromatic N) is 1. The van der Waals surface area contributed by atoms with Gasteiger partial charge in [0.25, 0.3) is 0 Å². The molecule has 1 aromatic rings. The summed E-state index contributed by atoms with van der Waals surface area (Å²) in [5.41, 5.74) is -0.567. The molecule has 3 nitrogen and oxygen atoms in total. The molecule has 1 N–H and O–H groups in total. The molecule has 0 spiro atoms. The first-order valence-corrected chi connectivity index (χ1v) is 8.03. The minimum Gasteiger partial charge on any atom is -0.383 e. The molecule has 0 unspecified atom stereocenters. The predicted octanol–water partition coefficient (Wildman–Crippen LogP) is 4.42. The summed E-state index contributed by atoms with van der Waals surface area (Å²) in [5, 5.41) is 3.03. The van der Waals surface area contributed by atoms with E-state index in [0.717, 1.165) is 38.1 Å². The van der Waals surface area contributed by atoms with E-state index < -0.39 is 11.7 Å². The van der Waals surface area contributed by atoms with E-state index in [1.807, 2.05) is 4.90 Å². The van der Waals surface area contributed by atoms with E-state index in [2.05, 4.69) is 12.2 Å². The number of carbonyl (C=O) groups is 1. The maximum Gasteiger partial charge on any atom is 0.416 e. The van der Waals surface area contributed by atoms with E-state index in [1.54, 1.807) is 0 Å². The Labute approximate surface area is 138 Å². The minimum atomic E-state index is -4.42.